The lowest BCUT2D eigenvalue weighted by Gasteiger charge is -2.16. The van der Waals surface area contributed by atoms with Crippen molar-refractivity contribution in [2.45, 2.75) is 26.8 Å². The van der Waals surface area contributed by atoms with Gasteiger partial charge in [0.25, 0.3) is 0 Å². The van der Waals surface area contributed by atoms with Crippen LogP contribution >= 0.6 is 0 Å². The van der Waals surface area contributed by atoms with E-state index in [9.17, 15) is 10.1 Å². The van der Waals surface area contributed by atoms with E-state index in [1.807, 2.05) is 14.0 Å². The third kappa shape index (κ3) is 4.98. The van der Waals surface area contributed by atoms with Crippen LogP contribution in [0, 0.1) is 17.0 Å². The molecule has 0 radical (unpaired) electrons. The Kier molecular flexibility index (Phi) is 7.10. The summed E-state index contributed by atoms with van der Waals surface area (Å²) in [4.78, 5) is 12.9. The molecule has 120 valence electrons. The van der Waals surface area contributed by atoms with Gasteiger partial charge in [-0.15, -0.1) is 0 Å². The number of nitrogens with zero attached hydrogens (tertiary/aromatic N) is 4. The summed E-state index contributed by atoms with van der Waals surface area (Å²) < 4.78 is 6.70. The highest BCUT2D eigenvalue weighted by Crippen LogP contribution is 2.28. The molecule has 0 aliphatic rings. The Bertz CT molecular complexity index is 461. The number of hydrogen-bond acceptors (Lipinski definition) is 6. The molecule has 0 unspecified atom stereocenters. The first kappa shape index (κ1) is 17.4. The lowest BCUT2D eigenvalue weighted by molar-refractivity contribution is -0.384. The Morgan fingerprint density at radius 2 is 2.19 bits per heavy atom. The van der Waals surface area contributed by atoms with Crippen LogP contribution in [-0.2, 0) is 11.3 Å². The topological polar surface area (TPSA) is 85.5 Å². The molecule has 1 rings (SSSR count). The van der Waals surface area contributed by atoms with Gasteiger partial charge in [-0.2, -0.15) is 5.10 Å². The van der Waals surface area contributed by atoms with Crippen molar-refractivity contribution in [1.82, 2.24) is 14.7 Å². The fourth-order valence-corrected chi connectivity index (χ4v) is 2.06. The molecular weight excluding hydrogens is 274 g/mol. The monoisotopic (exact) mass is 299 g/mol. The SMILES string of the molecule is CCCn1nc(C)c([N+](=O)[O-])c1NCCN(C)CCOC. The maximum absolute atomic E-state index is 11.2. The molecule has 0 aliphatic heterocycles. The van der Waals surface area contributed by atoms with Crippen molar-refractivity contribution in [2.75, 3.05) is 45.7 Å². The van der Waals surface area contributed by atoms with Gasteiger partial charge in [0.1, 0.15) is 5.69 Å². The summed E-state index contributed by atoms with van der Waals surface area (Å²) in [6.07, 6.45) is 0.876. The number of likely N-dealkylation sites (N-methyl/N-ethyl adjacent to an activating group) is 1. The smallest absolute Gasteiger partial charge is 0.333 e. The largest absolute Gasteiger partial charge is 0.383 e. The predicted molar refractivity (Wildman–Crippen MR) is 81.8 cm³/mol. The molecule has 0 bridgehead atoms. The average Bonchev–Trinajstić information content (AvgIpc) is 2.73. The van der Waals surface area contributed by atoms with Gasteiger partial charge < -0.3 is 15.0 Å². The zero-order chi connectivity index (χ0) is 15.8. The van der Waals surface area contributed by atoms with Crippen LogP contribution in [0.4, 0.5) is 11.5 Å². The van der Waals surface area contributed by atoms with Crippen molar-refractivity contribution < 1.29 is 9.66 Å². The minimum atomic E-state index is -0.370. The van der Waals surface area contributed by atoms with E-state index in [1.165, 1.54) is 0 Å². The van der Waals surface area contributed by atoms with E-state index < -0.39 is 0 Å². The second-order valence-corrected chi connectivity index (χ2v) is 4.99. The molecule has 1 aromatic heterocycles. The number of nitrogens with one attached hydrogen (secondary N) is 1. The molecule has 0 saturated heterocycles. The van der Waals surface area contributed by atoms with E-state index >= 15 is 0 Å². The molecule has 0 aromatic carbocycles. The summed E-state index contributed by atoms with van der Waals surface area (Å²) in [7, 11) is 3.66. The van der Waals surface area contributed by atoms with Crippen LogP contribution < -0.4 is 5.32 Å². The molecule has 0 amide bonds. The van der Waals surface area contributed by atoms with Crippen molar-refractivity contribution in [3.8, 4) is 0 Å². The summed E-state index contributed by atoms with van der Waals surface area (Å²) in [5.41, 5.74) is 0.520. The number of methoxy groups -OCH3 is 1. The van der Waals surface area contributed by atoms with Gasteiger partial charge in [-0.1, -0.05) is 6.92 Å². The van der Waals surface area contributed by atoms with Gasteiger partial charge in [0.2, 0.25) is 5.82 Å². The third-order valence-electron chi connectivity index (χ3n) is 3.18. The molecule has 0 spiro atoms. The first-order chi connectivity index (χ1) is 10.0. The number of hydrogen-bond donors (Lipinski definition) is 1. The number of anilines is 1. The highest BCUT2D eigenvalue weighted by atomic mass is 16.6. The van der Waals surface area contributed by atoms with Crippen molar-refractivity contribution in [3.63, 3.8) is 0 Å². The van der Waals surface area contributed by atoms with Gasteiger partial charge in [0, 0.05) is 33.3 Å². The summed E-state index contributed by atoms with van der Waals surface area (Å²) in [6.45, 7) is 7.24. The number of aryl methyl sites for hydroxylation is 2. The average molecular weight is 299 g/mol. The van der Waals surface area contributed by atoms with E-state index in [4.69, 9.17) is 4.74 Å². The standard InChI is InChI=1S/C13H25N5O3/c1-5-7-17-13(12(18(19)20)11(2)15-17)14-6-8-16(3)9-10-21-4/h14H,5-10H2,1-4H3. The molecular formula is C13H25N5O3. The van der Waals surface area contributed by atoms with E-state index in [0.717, 1.165) is 19.5 Å². The molecule has 21 heavy (non-hydrogen) atoms. The maximum atomic E-state index is 11.2. The van der Waals surface area contributed by atoms with E-state index in [-0.39, 0.29) is 10.6 Å². The van der Waals surface area contributed by atoms with Crippen LogP contribution in [0.3, 0.4) is 0 Å². The van der Waals surface area contributed by atoms with Gasteiger partial charge >= 0.3 is 5.69 Å². The summed E-state index contributed by atoms with van der Waals surface area (Å²) >= 11 is 0. The number of nitro groups is 1. The minimum absolute atomic E-state index is 0.0722. The summed E-state index contributed by atoms with van der Waals surface area (Å²) in [6, 6.07) is 0. The lowest BCUT2D eigenvalue weighted by atomic mass is 10.3. The number of aromatic nitrogens is 2. The predicted octanol–water partition coefficient (Wildman–Crippen LogP) is 1.50. The molecule has 1 aromatic rings. The Labute approximate surface area is 125 Å². The van der Waals surface area contributed by atoms with Crippen molar-refractivity contribution >= 4 is 11.5 Å². The molecule has 0 aliphatic carbocycles. The Morgan fingerprint density at radius 1 is 1.48 bits per heavy atom. The van der Waals surface area contributed by atoms with Crippen LogP contribution in [0.1, 0.15) is 19.0 Å². The van der Waals surface area contributed by atoms with Gasteiger partial charge in [0.05, 0.1) is 11.5 Å². The van der Waals surface area contributed by atoms with Gasteiger partial charge in [-0.05, 0) is 20.4 Å². The summed E-state index contributed by atoms with van der Waals surface area (Å²) in [5, 5.41) is 18.6. The maximum Gasteiger partial charge on any atom is 0.333 e. The zero-order valence-corrected chi connectivity index (χ0v) is 13.3. The molecule has 8 heteroatoms. The van der Waals surface area contributed by atoms with Gasteiger partial charge in [0.15, 0.2) is 0 Å². The van der Waals surface area contributed by atoms with E-state index in [1.54, 1.807) is 18.7 Å². The first-order valence-corrected chi connectivity index (χ1v) is 7.14. The normalized spacial score (nSPS) is 11.1. The fraction of sp³-hybridized carbons (Fsp3) is 0.769. The highest BCUT2D eigenvalue weighted by molar-refractivity contribution is 5.59. The first-order valence-electron chi connectivity index (χ1n) is 7.14. The van der Waals surface area contributed by atoms with Crippen LogP contribution in [0.25, 0.3) is 0 Å². The molecule has 0 saturated carbocycles. The van der Waals surface area contributed by atoms with Crippen LogP contribution in [0.15, 0.2) is 0 Å². The van der Waals surface area contributed by atoms with Crippen LogP contribution in [0.2, 0.25) is 0 Å². The molecule has 1 N–H and O–H groups in total. The van der Waals surface area contributed by atoms with E-state index in [2.05, 4.69) is 15.3 Å². The fourth-order valence-electron chi connectivity index (χ4n) is 2.06. The van der Waals surface area contributed by atoms with Crippen molar-refractivity contribution in [1.29, 1.82) is 0 Å². The third-order valence-corrected chi connectivity index (χ3v) is 3.18. The summed E-state index contributed by atoms with van der Waals surface area (Å²) in [5.74, 6) is 0.500. The number of ether oxygens (including phenoxy) is 1. The zero-order valence-electron chi connectivity index (χ0n) is 13.3. The van der Waals surface area contributed by atoms with Crippen LogP contribution in [-0.4, -0.2) is 60.0 Å². The van der Waals surface area contributed by atoms with Crippen LogP contribution in [0.5, 0.6) is 0 Å². The quantitative estimate of drug-likeness (QED) is 0.520. The second-order valence-electron chi connectivity index (χ2n) is 4.99. The lowest BCUT2D eigenvalue weighted by Crippen LogP contribution is -2.28. The Morgan fingerprint density at radius 3 is 2.76 bits per heavy atom. The molecule has 1 heterocycles. The van der Waals surface area contributed by atoms with Crippen molar-refractivity contribution in [2.24, 2.45) is 0 Å². The number of rotatable bonds is 10. The van der Waals surface area contributed by atoms with Gasteiger partial charge in [-0.25, -0.2) is 4.68 Å². The van der Waals surface area contributed by atoms with Crippen molar-refractivity contribution in [3.05, 3.63) is 15.8 Å². The molecule has 0 atom stereocenters. The Hall–Kier alpha value is -1.67. The van der Waals surface area contributed by atoms with Gasteiger partial charge in [-0.3, -0.25) is 10.1 Å². The van der Waals surface area contributed by atoms with E-state index in [0.29, 0.717) is 31.2 Å². The highest BCUT2D eigenvalue weighted by Gasteiger charge is 2.24. The Balaban J connectivity index is 2.70. The minimum Gasteiger partial charge on any atom is -0.383 e. The molecule has 0 fully saturated rings. The molecule has 8 nitrogen and oxygen atoms in total. The second kappa shape index (κ2) is 8.58.